The van der Waals surface area contributed by atoms with E-state index >= 15 is 0 Å². The summed E-state index contributed by atoms with van der Waals surface area (Å²) >= 11 is 0. The summed E-state index contributed by atoms with van der Waals surface area (Å²) in [6, 6.07) is 22.7. The summed E-state index contributed by atoms with van der Waals surface area (Å²) in [6.07, 6.45) is 2.20. The van der Waals surface area contributed by atoms with Crippen LogP contribution in [0.3, 0.4) is 0 Å². The monoisotopic (exact) mass is 420 g/mol. The number of nitrogens with one attached hydrogen (secondary N) is 1. The number of sulfone groups is 1. The van der Waals surface area contributed by atoms with E-state index in [-0.39, 0.29) is 10.8 Å². The van der Waals surface area contributed by atoms with E-state index in [1.807, 2.05) is 24.3 Å². The maximum Gasteiger partial charge on any atom is 0.251 e. The first-order valence-electron chi connectivity index (χ1n) is 9.89. The number of benzene rings is 3. The molecule has 1 aliphatic heterocycles. The molecule has 0 radical (unpaired) electrons. The Balaban J connectivity index is 1.36. The van der Waals surface area contributed by atoms with Gasteiger partial charge < -0.3 is 10.2 Å². The summed E-state index contributed by atoms with van der Waals surface area (Å²) < 4.78 is 23.0. The van der Waals surface area contributed by atoms with Gasteiger partial charge in [0, 0.05) is 37.1 Å². The van der Waals surface area contributed by atoms with Crippen LogP contribution in [0, 0.1) is 0 Å². The molecule has 6 heteroatoms. The molecule has 3 aromatic rings. The molecule has 0 saturated carbocycles. The summed E-state index contributed by atoms with van der Waals surface area (Å²) in [5.74, 6) is -0.155. The predicted molar refractivity (Wildman–Crippen MR) is 118 cm³/mol. The third-order valence-electron chi connectivity index (χ3n) is 5.43. The van der Waals surface area contributed by atoms with Gasteiger partial charge >= 0.3 is 0 Å². The lowest BCUT2D eigenvalue weighted by atomic mass is 9.99. The number of rotatable bonds is 5. The molecule has 30 heavy (non-hydrogen) atoms. The van der Waals surface area contributed by atoms with E-state index < -0.39 is 9.84 Å². The molecular formula is C24H24N2O3S. The van der Waals surface area contributed by atoms with Crippen molar-refractivity contribution < 1.29 is 13.2 Å². The van der Waals surface area contributed by atoms with E-state index in [0.717, 1.165) is 30.8 Å². The van der Waals surface area contributed by atoms with Crippen LogP contribution in [0.15, 0.2) is 77.7 Å². The van der Waals surface area contributed by atoms with Gasteiger partial charge in [-0.05, 0) is 59.5 Å². The number of amides is 1. The van der Waals surface area contributed by atoms with E-state index in [1.54, 1.807) is 24.3 Å². The molecule has 0 fully saturated rings. The Kier molecular flexibility index (Phi) is 5.59. The van der Waals surface area contributed by atoms with Crippen LogP contribution in [-0.4, -0.2) is 27.1 Å². The molecule has 1 aliphatic rings. The molecule has 0 bridgehead atoms. The second kappa shape index (κ2) is 8.32. The Morgan fingerprint density at radius 3 is 2.27 bits per heavy atom. The second-order valence-electron chi connectivity index (χ2n) is 7.59. The molecule has 3 aromatic carbocycles. The van der Waals surface area contributed by atoms with Crippen LogP contribution in [0.1, 0.15) is 27.0 Å². The zero-order valence-electron chi connectivity index (χ0n) is 16.8. The van der Waals surface area contributed by atoms with Gasteiger partial charge in [-0.1, -0.05) is 36.4 Å². The normalized spacial score (nSPS) is 13.6. The quantitative estimate of drug-likeness (QED) is 0.685. The van der Waals surface area contributed by atoms with Gasteiger partial charge in [0.2, 0.25) is 0 Å². The SMILES string of the molecule is CS(=O)(=O)c1ccc(CNC(=O)c2ccc(N3CCc4ccccc4C3)cc2)cc1. The highest BCUT2D eigenvalue weighted by atomic mass is 32.2. The van der Waals surface area contributed by atoms with Gasteiger partial charge in [-0.25, -0.2) is 8.42 Å². The third kappa shape index (κ3) is 4.54. The fourth-order valence-corrected chi connectivity index (χ4v) is 4.31. The zero-order chi connectivity index (χ0) is 21.1. The predicted octanol–water partition coefficient (Wildman–Crippen LogP) is 3.58. The molecule has 5 nitrogen and oxygen atoms in total. The first kappa shape index (κ1) is 20.2. The van der Waals surface area contributed by atoms with Crippen LogP contribution in [0.5, 0.6) is 0 Å². The maximum absolute atomic E-state index is 12.5. The van der Waals surface area contributed by atoms with Crippen molar-refractivity contribution in [1.29, 1.82) is 0 Å². The Bertz CT molecular complexity index is 1150. The number of hydrogen-bond acceptors (Lipinski definition) is 4. The van der Waals surface area contributed by atoms with Crippen molar-refractivity contribution in [3.8, 4) is 0 Å². The molecule has 0 unspecified atom stereocenters. The highest BCUT2D eigenvalue weighted by Crippen LogP contribution is 2.24. The fraction of sp³-hybridized carbons (Fsp3) is 0.208. The van der Waals surface area contributed by atoms with Crippen LogP contribution in [0.4, 0.5) is 5.69 Å². The molecule has 1 amide bonds. The largest absolute Gasteiger partial charge is 0.367 e. The lowest BCUT2D eigenvalue weighted by Gasteiger charge is -2.30. The van der Waals surface area contributed by atoms with Crippen LogP contribution in [0.2, 0.25) is 0 Å². The van der Waals surface area contributed by atoms with Gasteiger partial charge in [-0.2, -0.15) is 0 Å². The number of anilines is 1. The Hall–Kier alpha value is -3.12. The lowest BCUT2D eigenvalue weighted by molar-refractivity contribution is 0.0951. The van der Waals surface area contributed by atoms with Crippen LogP contribution in [0.25, 0.3) is 0 Å². The van der Waals surface area contributed by atoms with E-state index in [9.17, 15) is 13.2 Å². The molecule has 0 spiro atoms. The van der Waals surface area contributed by atoms with Gasteiger partial charge in [0.1, 0.15) is 0 Å². The topological polar surface area (TPSA) is 66.5 Å². The van der Waals surface area contributed by atoms with Gasteiger partial charge in [0.15, 0.2) is 9.84 Å². The van der Waals surface area contributed by atoms with E-state index in [1.165, 1.54) is 17.4 Å². The molecule has 0 atom stereocenters. The minimum absolute atomic E-state index is 0.155. The third-order valence-corrected chi connectivity index (χ3v) is 6.56. The second-order valence-corrected chi connectivity index (χ2v) is 9.60. The summed E-state index contributed by atoms with van der Waals surface area (Å²) in [4.78, 5) is 15.1. The molecular weight excluding hydrogens is 396 g/mol. The highest BCUT2D eigenvalue weighted by molar-refractivity contribution is 7.90. The van der Waals surface area contributed by atoms with Crippen molar-refractivity contribution in [2.45, 2.75) is 24.4 Å². The van der Waals surface area contributed by atoms with Gasteiger partial charge in [-0.3, -0.25) is 4.79 Å². The summed E-state index contributed by atoms with van der Waals surface area (Å²) in [5.41, 5.74) is 5.32. The number of carbonyl (C=O) groups excluding carboxylic acids is 1. The highest BCUT2D eigenvalue weighted by Gasteiger charge is 2.16. The average Bonchev–Trinajstić information content (AvgIpc) is 2.77. The van der Waals surface area contributed by atoms with Crippen LogP contribution >= 0.6 is 0 Å². The smallest absolute Gasteiger partial charge is 0.251 e. The van der Waals surface area contributed by atoms with Crippen LogP contribution < -0.4 is 10.2 Å². The van der Waals surface area contributed by atoms with E-state index in [2.05, 4.69) is 34.5 Å². The van der Waals surface area contributed by atoms with Crippen molar-refractivity contribution in [3.63, 3.8) is 0 Å². The minimum Gasteiger partial charge on any atom is -0.367 e. The van der Waals surface area contributed by atoms with E-state index in [4.69, 9.17) is 0 Å². The standard InChI is InChI=1S/C24H24N2O3S/c1-30(28,29)23-12-6-18(7-13-23)16-25-24(27)20-8-10-22(11-9-20)26-15-14-19-4-2-3-5-21(19)17-26/h2-13H,14-17H2,1H3,(H,25,27). The van der Waals surface area contributed by atoms with Gasteiger partial charge in [-0.15, -0.1) is 0 Å². The Morgan fingerprint density at radius 2 is 1.60 bits per heavy atom. The number of carbonyl (C=O) groups is 1. The van der Waals surface area contributed by atoms with Gasteiger partial charge in [0.25, 0.3) is 5.91 Å². The van der Waals surface area contributed by atoms with Crippen molar-refractivity contribution >= 4 is 21.4 Å². The summed E-state index contributed by atoms with van der Waals surface area (Å²) in [7, 11) is -3.22. The molecule has 4 rings (SSSR count). The molecule has 0 aliphatic carbocycles. The van der Waals surface area contributed by atoms with Gasteiger partial charge in [0.05, 0.1) is 4.90 Å². The Labute approximate surface area is 177 Å². The van der Waals surface area contributed by atoms with Crippen molar-refractivity contribution in [3.05, 3.63) is 95.1 Å². The summed E-state index contributed by atoms with van der Waals surface area (Å²) in [6.45, 7) is 2.19. The van der Waals surface area contributed by atoms with E-state index in [0.29, 0.717) is 12.1 Å². The van der Waals surface area contributed by atoms with Crippen molar-refractivity contribution in [1.82, 2.24) is 5.32 Å². The lowest BCUT2D eigenvalue weighted by Crippen LogP contribution is -2.30. The Morgan fingerprint density at radius 1 is 0.933 bits per heavy atom. The molecule has 0 aromatic heterocycles. The maximum atomic E-state index is 12.5. The first-order valence-corrected chi connectivity index (χ1v) is 11.8. The van der Waals surface area contributed by atoms with Crippen LogP contribution in [-0.2, 0) is 29.3 Å². The first-order chi connectivity index (χ1) is 14.4. The van der Waals surface area contributed by atoms with Crippen molar-refractivity contribution in [2.75, 3.05) is 17.7 Å². The molecule has 1 heterocycles. The molecule has 154 valence electrons. The number of fused-ring (bicyclic) bond motifs is 1. The fourth-order valence-electron chi connectivity index (χ4n) is 3.68. The zero-order valence-corrected chi connectivity index (χ0v) is 17.7. The minimum atomic E-state index is -3.22. The molecule has 0 saturated heterocycles. The summed E-state index contributed by atoms with van der Waals surface area (Å²) in [5, 5.41) is 2.88. The van der Waals surface area contributed by atoms with Crippen molar-refractivity contribution in [2.24, 2.45) is 0 Å². The average molecular weight is 421 g/mol. The number of nitrogens with zero attached hydrogens (tertiary/aromatic N) is 1. The molecule has 1 N–H and O–H groups in total. The number of hydrogen-bond donors (Lipinski definition) is 1.